The molecule has 0 amide bonds. The summed E-state index contributed by atoms with van der Waals surface area (Å²) in [5.41, 5.74) is 2.18. The molecule has 0 saturated carbocycles. The number of rotatable bonds is 5. The van der Waals surface area contributed by atoms with E-state index in [4.69, 9.17) is 0 Å². The van der Waals surface area contributed by atoms with Crippen LogP contribution in [-0.2, 0) is 0 Å². The minimum atomic E-state index is 0.550. The van der Waals surface area contributed by atoms with Crippen LogP contribution in [0.3, 0.4) is 0 Å². The molecule has 1 aromatic heterocycles. The summed E-state index contributed by atoms with van der Waals surface area (Å²) < 4.78 is 2.13. The number of imidazole rings is 1. The summed E-state index contributed by atoms with van der Waals surface area (Å²) in [4.78, 5) is 7.17. The lowest BCUT2D eigenvalue weighted by atomic mass is 10.3. The first-order chi connectivity index (χ1) is 10.2. The van der Waals surface area contributed by atoms with E-state index in [2.05, 4.69) is 57.2 Å². The monoisotopic (exact) mass is 284 g/mol. The quantitative estimate of drug-likeness (QED) is 0.916. The number of benzene rings is 1. The molecule has 112 valence electrons. The molecule has 1 fully saturated rings. The molecular formula is C17H24N4. The number of hydrogen-bond donors (Lipinski definition) is 1. The van der Waals surface area contributed by atoms with Crippen LogP contribution >= 0.6 is 0 Å². The molecule has 0 bridgehead atoms. The standard InChI is InChI=1S/C17H24N4/c1-14-13-21(16-8-4-3-5-9-16)17(19-14)18-12-15(2)20-10-6-7-11-20/h3-5,8-9,13,15H,6-7,10-12H2,1-2H3,(H,18,19). The molecule has 4 nitrogen and oxygen atoms in total. The van der Waals surface area contributed by atoms with Gasteiger partial charge in [-0.05, 0) is 51.9 Å². The minimum absolute atomic E-state index is 0.550. The Bertz CT molecular complexity index is 570. The predicted octanol–water partition coefficient (Wildman–Crippen LogP) is 3.08. The third kappa shape index (κ3) is 3.27. The number of hydrogen-bond acceptors (Lipinski definition) is 3. The number of likely N-dealkylation sites (tertiary alicyclic amines) is 1. The zero-order chi connectivity index (χ0) is 14.7. The third-order valence-electron chi connectivity index (χ3n) is 4.18. The second-order valence-corrected chi connectivity index (χ2v) is 5.88. The summed E-state index contributed by atoms with van der Waals surface area (Å²) in [6.07, 6.45) is 4.75. The number of aryl methyl sites for hydroxylation is 1. The number of aromatic nitrogens is 2. The highest BCUT2D eigenvalue weighted by molar-refractivity contribution is 5.43. The van der Waals surface area contributed by atoms with E-state index in [1.165, 1.54) is 25.9 Å². The summed E-state index contributed by atoms with van der Waals surface area (Å²) in [6.45, 7) is 7.72. The van der Waals surface area contributed by atoms with Crippen LogP contribution in [0, 0.1) is 6.92 Å². The van der Waals surface area contributed by atoms with Gasteiger partial charge in [-0.2, -0.15) is 0 Å². The first-order valence-electron chi connectivity index (χ1n) is 7.83. The fourth-order valence-electron chi connectivity index (χ4n) is 2.96. The highest BCUT2D eigenvalue weighted by Gasteiger charge is 2.18. The van der Waals surface area contributed by atoms with Gasteiger partial charge in [0.05, 0.1) is 5.69 Å². The zero-order valence-corrected chi connectivity index (χ0v) is 12.9. The largest absolute Gasteiger partial charge is 0.354 e. The van der Waals surface area contributed by atoms with E-state index in [0.717, 1.165) is 23.9 Å². The Kier molecular flexibility index (Phi) is 4.25. The molecule has 4 heteroatoms. The second kappa shape index (κ2) is 6.31. The Morgan fingerprint density at radius 2 is 1.90 bits per heavy atom. The molecule has 1 aliphatic rings. The molecular weight excluding hydrogens is 260 g/mol. The highest BCUT2D eigenvalue weighted by atomic mass is 15.2. The molecule has 21 heavy (non-hydrogen) atoms. The van der Waals surface area contributed by atoms with E-state index in [0.29, 0.717) is 6.04 Å². The molecule has 2 aromatic rings. The van der Waals surface area contributed by atoms with E-state index in [-0.39, 0.29) is 0 Å². The average Bonchev–Trinajstić information content (AvgIpc) is 3.15. The fourth-order valence-corrected chi connectivity index (χ4v) is 2.96. The van der Waals surface area contributed by atoms with Gasteiger partial charge in [-0.15, -0.1) is 0 Å². The minimum Gasteiger partial charge on any atom is -0.354 e. The molecule has 0 radical (unpaired) electrons. The van der Waals surface area contributed by atoms with Gasteiger partial charge in [0.25, 0.3) is 0 Å². The van der Waals surface area contributed by atoms with Gasteiger partial charge in [0.2, 0.25) is 5.95 Å². The topological polar surface area (TPSA) is 33.1 Å². The van der Waals surface area contributed by atoms with Crippen LogP contribution in [0.25, 0.3) is 5.69 Å². The van der Waals surface area contributed by atoms with Crippen LogP contribution in [0.5, 0.6) is 0 Å². The SMILES string of the molecule is Cc1cn(-c2ccccc2)c(NCC(C)N2CCCC2)n1. The molecule has 1 atom stereocenters. The van der Waals surface area contributed by atoms with Gasteiger partial charge < -0.3 is 5.32 Å². The molecule has 0 aliphatic carbocycles. The molecule has 1 saturated heterocycles. The Morgan fingerprint density at radius 3 is 2.62 bits per heavy atom. The summed E-state index contributed by atoms with van der Waals surface area (Å²) >= 11 is 0. The van der Waals surface area contributed by atoms with Crippen molar-refractivity contribution >= 4 is 5.95 Å². The first-order valence-corrected chi connectivity index (χ1v) is 7.83. The van der Waals surface area contributed by atoms with Gasteiger partial charge >= 0.3 is 0 Å². The normalized spacial score (nSPS) is 17.0. The number of nitrogens with one attached hydrogen (secondary N) is 1. The maximum Gasteiger partial charge on any atom is 0.207 e. The maximum absolute atomic E-state index is 4.62. The second-order valence-electron chi connectivity index (χ2n) is 5.88. The van der Waals surface area contributed by atoms with Crippen molar-refractivity contribution in [3.63, 3.8) is 0 Å². The van der Waals surface area contributed by atoms with Crippen LogP contribution < -0.4 is 5.32 Å². The fraction of sp³-hybridized carbons (Fsp3) is 0.471. The van der Waals surface area contributed by atoms with Crippen molar-refractivity contribution in [3.8, 4) is 5.69 Å². The third-order valence-corrected chi connectivity index (χ3v) is 4.18. The summed E-state index contributed by atoms with van der Waals surface area (Å²) in [5.74, 6) is 0.935. The van der Waals surface area contributed by atoms with Crippen molar-refractivity contribution in [1.82, 2.24) is 14.5 Å². The molecule has 3 rings (SSSR count). The number of para-hydroxylation sites is 1. The lowest BCUT2D eigenvalue weighted by molar-refractivity contribution is 0.269. The lowest BCUT2D eigenvalue weighted by Crippen LogP contribution is -2.35. The summed E-state index contributed by atoms with van der Waals surface area (Å²) in [7, 11) is 0. The van der Waals surface area contributed by atoms with Gasteiger partial charge in [-0.1, -0.05) is 18.2 Å². The van der Waals surface area contributed by atoms with Crippen LogP contribution in [0.2, 0.25) is 0 Å². The van der Waals surface area contributed by atoms with Crippen molar-refractivity contribution in [1.29, 1.82) is 0 Å². The van der Waals surface area contributed by atoms with E-state index >= 15 is 0 Å². The molecule has 1 unspecified atom stereocenters. The highest BCUT2D eigenvalue weighted by Crippen LogP contribution is 2.17. The summed E-state index contributed by atoms with van der Waals surface area (Å²) in [5, 5.41) is 3.52. The smallest absolute Gasteiger partial charge is 0.207 e. The molecule has 0 spiro atoms. The van der Waals surface area contributed by atoms with Gasteiger partial charge in [0.15, 0.2) is 0 Å². The van der Waals surface area contributed by atoms with Crippen molar-refractivity contribution < 1.29 is 0 Å². The molecule has 1 aliphatic heterocycles. The average molecular weight is 284 g/mol. The van der Waals surface area contributed by atoms with E-state index < -0.39 is 0 Å². The molecule has 1 N–H and O–H groups in total. The maximum atomic E-state index is 4.62. The Hall–Kier alpha value is -1.81. The Balaban J connectivity index is 1.70. The van der Waals surface area contributed by atoms with Gasteiger partial charge in [0.1, 0.15) is 0 Å². The number of anilines is 1. The van der Waals surface area contributed by atoms with Crippen molar-refractivity contribution in [2.75, 3.05) is 25.0 Å². The van der Waals surface area contributed by atoms with E-state index in [1.54, 1.807) is 0 Å². The summed E-state index contributed by atoms with van der Waals surface area (Å²) in [6, 6.07) is 10.9. The van der Waals surface area contributed by atoms with Crippen LogP contribution in [-0.4, -0.2) is 40.1 Å². The Morgan fingerprint density at radius 1 is 1.19 bits per heavy atom. The van der Waals surface area contributed by atoms with E-state index in [9.17, 15) is 0 Å². The van der Waals surface area contributed by atoms with Crippen LogP contribution in [0.4, 0.5) is 5.95 Å². The molecule has 2 heterocycles. The Labute approximate surface area is 126 Å². The lowest BCUT2D eigenvalue weighted by Gasteiger charge is -2.24. The van der Waals surface area contributed by atoms with Crippen LogP contribution in [0.1, 0.15) is 25.5 Å². The van der Waals surface area contributed by atoms with Gasteiger partial charge in [-0.3, -0.25) is 9.47 Å². The zero-order valence-electron chi connectivity index (χ0n) is 12.9. The van der Waals surface area contributed by atoms with Gasteiger partial charge in [0, 0.05) is 24.5 Å². The number of nitrogens with zero attached hydrogens (tertiary/aromatic N) is 3. The van der Waals surface area contributed by atoms with E-state index in [1.807, 2.05) is 13.0 Å². The van der Waals surface area contributed by atoms with Crippen molar-refractivity contribution in [2.45, 2.75) is 32.7 Å². The first kappa shape index (κ1) is 14.1. The van der Waals surface area contributed by atoms with Crippen molar-refractivity contribution in [2.24, 2.45) is 0 Å². The van der Waals surface area contributed by atoms with Crippen LogP contribution in [0.15, 0.2) is 36.5 Å². The van der Waals surface area contributed by atoms with Crippen molar-refractivity contribution in [3.05, 3.63) is 42.2 Å². The predicted molar refractivity (Wildman–Crippen MR) is 87.1 cm³/mol. The molecule has 1 aromatic carbocycles. The van der Waals surface area contributed by atoms with Gasteiger partial charge in [-0.25, -0.2) is 4.98 Å².